The quantitative estimate of drug-likeness (QED) is 0.916. The minimum atomic E-state index is 0.540. The highest BCUT2D eigenvalue weighted by Gasteiger charge is 2.28. The molecule has 2 N–H and O–H groups in total. The van der Waals surface area contributed by atoms with Crippen LogP contribution in [0.2, 0.25) is 0 Å². The van der Waals surface area contributed by atoms with Gasteiger partial charge in [-0.2, -0.15) is 0 Å². The normalized spacial score (nSPS) is 20.7. The summed E-state index contributed by atoms with van der Waals surface area (Å²) in [4.78, 5) is 7.17. The van der Waals surface area contributed by atoms with Crippen LogP contribution in [0.4, 0.5) is 0 Å². The summed E-state index contributed by atoms with van der Waals surface area (Å²) in [5.74, 6) is 1.73. The predicted molar refractivity (Wildman–Crippen MR) is 77.2 cm³/mol. The molecular weight excluding hydrogens is 236 g/mol. The summed E-state index contributed by atoms with van der Waals surface area (Å²) in [7, 11) is 0. The van der Waals surface area contributed by atoms with Crippen molar-refractivity contribution >= 4 is 5.52 Å². The average molecular weight is 258 g/mol. The fourth-order valence-electron chi connectivity index (χ4n) is 2.94. The van der Waals surface area contributed by atoms with E-state index in [0.29, 0.717) is 18.5 Å². The van der Waals surface area contributed by atoms with Gasteiger partial charge in [-0.15, -0.1) is 0 Å². The fraction of sp³-hybridized carbons (Fsp3) is 0.533. The Bertz CT molecular complexity index is 573. The maximum Gasteiger partial charge on any atom is 0.117 e. The summed E-state index contributed by atoms with van der Waals surface area (Å²) in [6, 6.07) is 4.81. The number of fused-ring (bicyclic) bond motifs is 1. The Labute approximate surface area is 114 Å². The van der Waals surface area contributed by atoms with E-state index in [-0.39, 0.29) is 0 Å². The molecule has 1 aliphatic heterocycles. The fourth-order valence-corrected chi connectivity index (χ4v) is 2.94. The second kappa shape index (κ2) is 4.94. The van der Waals surface area contributed by atoms with E-state index in [9.17, 15) is 0 Å². The molecule has 0 aromatic carbocycles. The zero-order valence-corrected chi connectivity index (χ0v) is 11.7. The lowest BCUT2D eigenvalue weighted by molar-refractivity contribution is 0.272. The van der Waals surface area contributed by atoms with Gasteiger partial charge in [-0.05, 0) is 38.4 Å². The minimum Gasteiger partial charge on any atom is -0.326 e. The standard InChI is InChI=1S/C15H22N4/c1-11(2)18-6-5-13(10-18)15-17-8-14-4-3-12(7-16)9-19(14)15/h3-4,8-9,11,13H,5-7,10,16H2,1-2H3. The molecule has 2 aromatic rings. The lowest BCUT2D eigenvalue weighted by Crippen LogP contribution is -2.28. The number of aromatic nitrogens is 2. The molecule has 0 radical (unpaired) electrons. The first kappa shape index (κ1) is 12.6. The second-order valence-corrected chi connectivity index (χ2v) is 5.73. The molecule has 102 valence electrons. The van der Waals surface area contributed by atoms with Crippen molar-refractivity contribution in [1.82, 2.24) is 14.3 Å². The van der Waals surface area contributed by atoms with Gasteiger partial charge in [0.2, 0.25) is 0 Å². The third-order valence-corrected chi connectivity index (χ3v) is 4.17. The Morgan fingerprint density at radius 3 is 2.95 bits per heavy atom. The molecule has 1 unspecified atom stereocenters. The van der Waals surface area contributed by atoms with Crippen molar-refractivity contribution < 1.29 is 0 Å². The Hall–Kier alpha value is -1.39. The van der Waals surface area contributed by atoms with Crippen LogP contribution in [0.1, 0.15) is 37.6 Å². The third-order valence-electron chi connectivity index (χ3n) is 4.17. The average Bonchev–Trinajstić information content (AvgIpc) is 3.03. The number of nitrogens with zero attached hydrogens (tertiary/aromatic N) is 3. The number of nitrogens with two attached hydrogens (primary N) is 1. The summed E-state index contributed by atoms with van der Waals surface area (Å²) in [6.45, 7) is 7.39. The molecule has 19 heavy (non-hydrogen) atoms. The van der Waals surface area contributed by atoms with E-state index < -0.39 is 0 Å². The van der Waals surface area contributed by atoms with Crippen molar-refractivity contribution in [3.8, 4) is 0 Å². The van der Waals surface area contributed by atoms with Crippen LogP contribution < -0.4 is 5.73 Å². The van der Waals surface area contributed by atoms with Crippen molar-refractivity contribution in [3.63, 3.8) is 0 Å². The largest absolute Gasteiger partial charge is 0.326 e. The van der Waals surface area contributed by atoms with E-state index in [4.69, 9.17) is 5.73 Å². The first-order chi connectivity index (χ1) is 9.19. The van der Waals surface area contributed by atoms with Gasteiger partial charge in [0, 0.05) is 31.2 Å². The highest BCUT2D eigenvalue weighted by Crippen LogP contribution is 2.28. The maximum atomic E-state index is 5.73. The van der Waals surface area contributed by atoms with Gasteiger partial charge < -0.3 is 15.0 Å². The van der Waals surface area contributed by atoms with Gasteiger partial charge in [0.15, 0.2) is 0 Å². The van der Waals surface area contributed by atoms with Crippen molar-refractivity contribution in [2.24, 2.45) is 5.73 Å². The Morgan fingerprint density at radius 2 is 2.26 bits per heavy atom. The van der Waals surface area contributed by atoms with Crippen molar-refractivity contribution in [2.75, 3.05) is 13.1 Å². The first-order valence-corrected chi connectivity index (χ1v) is 7.09. The van der Waals surface area contributed by atoms with E-state index in [1.165, 1.54) is 18.8 Å². The van der Waals surface area contributed by atoms with Crippen molar-refractivity contribution in [2.45, 2.75) is 38.8 Å². The zero-order chi connectivity index (χ0) is 13.4. The monoisotopic (exact) mass is 258 g/mol. The molecule has 0 amide bonds. The van der Waals surface area contributed by atoms with Gasteiger partial charge in [-0.3, -0.25) is 0 Å². The van der Waals surface area contributed by atoms with Crippen LogP contribution in [0, 0.1) is 0 Å². The summed E-state index contributed by atoms with van der Waals surface area (Å²) in [5, 5.41) is 0. The number of pyridine rings is 1. The van der Waals surface area contributed by atoms with Crippen LogP contribution in [-0.2, 0) is 6.54 Å². The molecule has 4 heteroatoms. The predicted octanol–water partition coefficient (Wildman–Crippen LogP) is 1.99. The molecule has 0 bridgehead atoms. The van der Waals surface area contributed by atoms with E-state index in [0.717, 1.165) is 17.6 Å². The molecule has 3 heterocycles. The maximum absolute atomic E-state index is 5.73. The van der Waals surface area contributed by atoms with E-state index >= 15 is 0 Å². The second-order valence-electron chi connectivity index (χ2n) is 5.73. The van der Waals surface area contributed by atoms with E-state index in [1.807, 2.05) is 6.20 Å². The van der Waals surface area contributed by atoms with Gasteiger partial charge in [0.25, 0.3) is 0 Å². The summed E-state index contributed by atoms with van der Waals surface area (Å²) in [5.41, 5.74) is 8.05. The molecule has 0 spiro atoms. The highest BCUT2D eigenvalue weighted by atomic mass is 15.2. The van der Waals surface area contributed by atoms with Crippen molar-refractivity contribution in [1.29, 1.82) is 0 Å². The lowest BCUT2D eigenvalue weighted by Gasteiger charge is -2.20. The van der Waals surface area contributed by atoms with Crippen LogP contribution in [0.5, 0.6) is 0 Å². The molecule has 1 aliphatic rings. The van der Waals surface area contributed by atoms with E-state index in [2.05, 4.69) is 46.5 Å². The molecule has 0 saturated carbocycles. The van der Waals surface area contributed by atoms with Gasteiger partial charge in [-0.1, -0.05) is 6.07 Å². The molecule has 4 nitrogen and oxygen atoms in total. The molecule has 0 aliphatic carbocycles. The van der Waals surface area contributed by atoms with Crippen molar-refractivity contribution in [3.05, 3.63) is 35.9 Å². The molecule has 2 aromatic heterocycles. The molecule has 1 saturated heterocycles. The third kappa shape index (κ3) is 2.26. The zero-order valence-electron chi connectivity index (χ0n) is 11.7. The van der Waals surface area contributed by atoms with Crippen LogP contribution in [-0.4, -0.2) is 33.4 Å². The van der Waals surface area contributed by atoms with Crippen LogP contribution in [0.25, 0.3) is 5.52 Å². The number of hydrogen-bond donors (Lipinski definition) is 1. The van der Waals surface area contributed by atoms with E-state index in [1.54, 1.807) is 0 Å². The number of imidazole rings is 1. The van der Waals surface area contributed by atoms with Crippen LogP contribution in [0.3, 0.4) is 0 Å². The van der Waals surface area contributed by atoms with Gasteiger partial charge in [0.05, 0.1) is 11.7 Å². The highest BCUT2D eigenvalue weighted by molar-refractivity contribution is 5.47. The lowest BCUT2D eigenvalue weighted by atomic mass is 10.1. The van der Waals surface area contributed by atoms with Crippen LogP contribution in [0.15, 0.2) is 24.5 Å². The Balaban J connectivity index is 1.93. The van der Waals surface area contributed by atoms with Gasteiger partial charge in [-0.25, -0.2) is 4.98 Å². The molecule has 1 atom stereocenters. The Morgan fingerprint density at radius 1 is 1.42 bits per heavy atom. The first-order valence-electron chi connectivity index (χ1n) is 7.09. The molecule has 1 fully saturated rings. The van der Waals surface area contributed by atoms with Crippen LogP contribution >= 0.6 is 0 Å². The number of hydrogen-bond acceptors (Lipinski definition) is 3. The Kier molecular flexibility index (Phi) is 3.29. The topological polar surface area (TPSA) is 46.6 Å². The smallest absolute Gasteiger partial charge is 0.117 e. The number of likely N-dealkylation sites (tertiary alicyclic amines) is 1. The van der Waals surface area contributed by atoms with Gasteiger partial charge in [0.1, 0.15) is 5.82 Å². The summed E-state index contributed by atoms with van der Waals surface area (Å²) >= 11 is 0. The summed E-state index contributed by atoms with van der Waals surface area (Å²) in [6.07, 6.45) is 5.30. The summed E-state index contributed by atoms with van der Waals surface area (Å²) < 4.78 is 2.22. The minimum absolute atomic E-state index is 0.540. The number of rotatable bonds is 3. The SMILES string of the molecule is CC(C)N1CCC(c2ncc3ccc(CN)cn23)C1. The molecule has 3 rings (SSSR count). The van der Waals surface area contributed by atoms with Gasteiger partial charge >= 0.3 is 0 Å². The molecular formula is C15H22N4.